The van der Waals surface area contributed by atoms with Gasteiger partial charge in [0.1, 0.15) is 10.5 Å². The Bertz CT molecular complexity index is 1050. The van der Waals surface area contributed by atoms with E-state index in [1.165, 1.54) is 16.8 Å². The van der Waals surface area contributed by atoms with Crippen LogP contribution in [0.1, 0.15) is 53.2 Å². The summed E-state index contributed by atoms with van der Waals surface area (Å²) in [5.74, 6) is -0.594. The summed E-state index contributed by atoms with van der Waals surface area (Å²) < 4.78 is 26.7. The maximum Gasteiger partial charge on any atom is 0.220 e. The largest absolute Gasteiger partial charge is 0.493 e. The number of carbonyl (C=O) groups excluding carboxylic acids is 1. The molecule has 2 aliphatic rings. The number of aromatic hydroxyl groups is 1. The van der Waals surface area contributed by atoms with Crippen LogP contribution in [-0.4, -0.2) is 34.8 Å². The highest BCUT2D eigenvalue weighted by Crippen LogP contribution is 2.44. The molecular weight excluding hydrogens is 411 g/mol. The van der Waals surface area contributed by atoms with Crippen molar-refractivity contribution in [2.24, 2.45) is 13.0 Å². The fraction of sp³-hybridized carbons (Fsp3) is 0.444. The normalized spacial score (nSPS) is 17.3. The molecule has 0 saturated heterocycles. The Kier molecular flexibility index (Phi) is 4.52. The van der Waals surface area contributed by atoms with Gasteiger partial charge in [-0.15, -0.1) is 0 Å². The Morgan fingerprint density at radius 3 is 2.52 bits per heavy atom. The highest BCUT2D eigenvalue weighted by Gasteiger charge is 2.37. The Balaban J connectivity index is 1.81. The number of benzene rings is 1. The van der Waals surface area contributed by atoms with Crippen molar-refractivity contribution in [3.63, 3.8) is 0 Å². The van der Waals surface area contributed by atoms with Crippen LogP contribution in [0.3, 0.4) is 0 Å². The van der Waals surface area contributed by atoms with Crippen LogP contribution in [0.4, 0.5) is 0 Å². The number of aryl methyl sites for hydroxylation is 1. The molecule has 144 valence electrons. The zero-order valence-electron chi connectivity index (χ0n) is 14.6. The number of carbonyl (C=O) groups is 1. The average Bonchev–Trinajstić information content (AvgIpc) is 3.48. The van der Waals surface area contributed by atoms with E-state index in [9.17, 15) is 18.3 Å². The number of hydrogen-bond donors (Lipinski definition) is 1. The van der Waals surface area contributed by atoms with Crippen molar-refractivity contribution in [2.45, 2.75) is 36.5 Å². The summed E-state index contributed by atoms with van der Waals surface area (Å²) in [5, 5.41) is 14.4. The average molecular weight is 429 g/mol. The zero-order valence-corrected chi connectivity index (χ0v) is 16.9. The van der Waals surface area contributed by atoms with E-state index in [1.807, 2.05) is 0 Å². The van der Waals surface area contributed by atoms with Gasteiger partial charge in [0.15, 0.2) is 9.84 Å². The van der Waals surface area contributed by atoms with Crippen molar-refractivity contribution in [3.05, 3.63) is 39.0 Å². The van der Waals surface area contributed by atoms with Gasteiger partial charge >= 0.3 is 0 Å². The first-order valence-electron chi connectivity index (χ1n) is 8.72. The molecule has 2 saturated carbocycles. The third-order valence-corrected chi connectivity index (χ3v) is 7.88. The molecule has 0 bridgehead atoms. The van der Waals surface area contributed by atoms with Crippen LogP contribution in [0.5, 0.6) is 5.88 Å². The molecule has 9 heteroatoms. The molecule has 1 N–H and O–H groups in total. The van der Waals surface area contributed by atoms with Crippen LogP contribution in [0.15, 0.2) is 17.0 Å². The predicted molar refractivity (Wildman–Crippen MR) is 102 cm³/mol. The summed E-state index contributed by atoms with van der Waals surface area (Å²) in [5.41, 5.74) is 0.601. The number of aromatic nitrogens is 2. The quantitative estimate of drug-likeness (QED) is 0.707. The molecule has 1 aromatic heterocycles. The number of rotatable bonds is 6. The minimum atomic E-state index is -3.72. The lowest BCUT2D eigenvalue weighted by Crippen LogP contribution is -2.13. The Morgan fingerprint density at radius 1 is 1.26 bits per heavy atom. The fourth-order valence-corrected chi connectivity index (χ4v) is 6.23. The van der Waals surface area contributed by atoms with Crippen LogP contribution in [0.2, 0.25) is 10.0 Å². The molecule has 0 amide bonds. The number of nitrogens with zero attached hydrogens (tertiary/aromatic N) is 2. The first-order chi connectivity index (χ1) is 12.7. The third kappa shape index (κ3) is 3.37. The summed E-state index contributed by atoms with van der Waals surface area (Å²) in [6.07, 6.45) is 3.51. The van der Waals surface area contributed by atoms with Crippen LogP contribution in [0.25, 0.3) is 0 Å². The highest BCUT2D eigenvalue weighted by molar-refractivity contribution is 7.91. The molecule has 0 atom stereocenters. The lowest BCUT2D eigenvalue weighted by Gasteiger charge is -2.12. The molecule has 0 aliphatic heterocycles. The van der Waals surface area contributed by atoms with Gasteiger partial charge in [-0.2, -0.15) is 5.10 Å². The van der Waals surface area contributed by atoms with Crippen molar-refractivity contribution < 1.29 is 18.3 Å². The standard InChI is InChI=1S/C18H18Cl2N2O4S/c1-22-18(24)13(15(21-22)10-4-5-10)16(23)11-6-7-12(19)17(14(11)20)27(25,26)8-9-2-3-9/h6-7,9-10,24H,2-5,8H2,1H3. The minimum absolute atomic E-state index is 0.000591. The van der Waals surface area contributed by atoms with E-state index in [-0.39, 0.29) is 49.5 Å². The van der Waals surface area contributed by atoms with Crippen LogP contribution >= 0.6 is 23.2 Å². The molecule has 0 radical (unpaired) electrons. The monoisotopic (exact) mass is 428 g/mol. The molecule has 1 aromatic carbocycles. The van der Waals surface area contributed by atoms with Crippen molar-refractivity contribution in [3.8, 4) is 5.88 Å². The predicted octanol–water partition coefficient (Wildman–Crippen LogP) is 3.72. The summed E-state index contributed by atoms with van der Waals surface area (Å²) in [4.78, 5) is 12.9. The first-order valence-corrected chi connectivity index (χ1v) is 11.1. The molecule has 4 rings (SSSR count). The smallest absolute Gasteiger partial charge is 0.220 e. The molecule has 27 heavy (non-hydrogen) atoms. The molecular formula is C18H18Cl2N2O4S. The van der Waals surface area contributed by atoms with E-state index in [4.69, 9.17) is 23.2 Å². The Labute approximate surface area is 167 Å². The fourth-order valence-electron chi connectivity index (χ4n) is 3.20. The molecule has 2 fully saturated rings. The molecule has 2 aromatic rings. The number of hydrogen-bond acceptors (Lipinski definition) is 5. The van der Waals surface area contributed by atoms with E-state index < -0.39 is 15.6 Å². The van der Waals surface area contributed by atoms with Crippen molar-refractivity contribution in [1.29, 1.82) is 0 Å². The molecule has 1 heterocycles. The van der Waals surface area contributed by atoms with Gasteiger partial charge in [-0.05, 0) is 43.7 Å². The van der Waals surface area contributed by atoms with Crippen molar-refractivity contribution >= 4 is 38.8 Å². The van der Waals surface area contributed by atoms with Gasteiger partial charge in [-0.1, -0.05) is 23.2 Å². The van der Waals surface area contributed by atoms with Gasteiger partial charge in [0.05, 0.1) is 21.5 Å². The summed E-state index contributed by atoms with van der Waals surface area (Å²) in [7, 11) is -2.17. The van der Waals surface area contributed by atoms with Crippen molar-refractivity contribution in [1.82, 2.24) is 9.78 Å². The Morgan fingerprint density at radius 2 is 1.93 bits per heavy atom. The minimum Gasteiger partial charge on any atom is -0.493 e. The van der Waals surface area contributed by atoms with Gasteiger partial charge in [-0.25, -0.2) is 13.1 Å². The third-order valence-electron chi connectivity index (χ3n) is 4.99. The van der Waals surface area contributed by atoms with E-state index >= 15 is 0 Å². The van der Waals surface area contributed by atoms with Gasteiger partial charge in [-0.3, -0.25) is 4.79 Å². The van der Waals surface area contributed by atoms with E-state index in [1.54, 1.807) is 7.05 Å². The number of halogens is 2. The summed E-state index contributed by atoms with van der Waals surface area (Å²) in [6.45, 7) is 0. The molecule has 2 aliphatic carbocycles. The molecule has 0 spiro atoms. The van der Waals surface area contributed by atoms with Gasteiger partial charge < -0.3 is 5.11 Å². The lowest BCUT2D eigenvalue weighted by atomic mass is 10.0. The zero-order chi connectivity index (χ0) is 19.5. The van der Waals surface area contributed by atoms with Gasteiger partial charge in [0, 0.05) is 18.5 Å². The molecule has 0 unspecified atom stereocenters. The topological polar surface area (TPSA) is 89.3 Å². The SMILES string of the molecule is Cn1nc(C2CC2)c(C(=O)c2ccc(Cl)c(S(=O)(=O)CC3CC3)c2Cl)c1O. The van der Waals surface area contributed by atoms with E-state index in [0.717, 1.165) is 25.7 Å². The summed E-state index contributed by atoms with van der Waals surface area (Å²) in [6, 6.07) is 2.76. The highest BCUT2D eigenvalue weighted by atomic mass is 35.5. The lowest BCUT2D eigenvalue weighted by molar-refractivity contribution is 0.103. The van der Waals surface area contributed by atoms with E-state index in [2.05, 4.69) is 5.10 Å². The van der Waals surface area contributed by atoms with Crippen LogP contribution in [0, 0.1) is 5.92 Å². The maximum absolute atomic E-state index is 13.1. The second-order valence-corrected chi connectivity index (χ2v) is 10.0. The van der Waals surface area contributed by atoms with Crippen LogP contribution < -0.4 is 0 Å². The van der Waals surface area contributed by atoms with Gasteiger partial charge in [0.2, 0.25) is 11.7 Å². The first kappa shape index (κ1) is 18.8. The Hall–Kier alpha value is -1.57. The number of sulfone groups is 1. The van der Waals surface area contributed by atoms with Gasteiger partial charge in [0.25, 0.3) is 0 Å². The second-order valence-electron chi connectivity index (χ2n) is 7.27. The van der Waals surface area contributed by atoms with Crippen molar-refractivity contribution in [2.75, 3.05) is 5.75 Å². The van der Waals surface area contributed by atoms with Crippen LogP contribution in [-0.2, 0) is 16.9 Å². The van der Waals surface area contributed by atoms with E-state index in [0.29, 0.717) is 5.69 Å². The second kappa shape index (κ2) is 6.50. The molecule has 6 nitrogen and oxygen atoms in total. The maximum atomic E-state index is 13.1. The summed E-state index contributed by atoms with van der Waals surface area (Å²) >= 11 is 12.5. The number of ketones is 1.